The molecule has 1 N–H and O–H groups in total. The van der Waals surface area contributed by atoms with Crippen LogP contribution in [0.25, 0.3) is 0 Å². The van der Waals surface area contributed by atoms with Crippen molar-refractivity contribution in [2.45, 2.75) is 52.1 Å². The molecule has 2 aromatic rings. The zero-order chi connectivity index (χ0) is 23.2. The maximum Gasteiger partial charge on any atom is 0.434 e. The smallest absolute Gasteiger partial charge is 0.434 e. The lowest BCUT2D eigenvalue weighted by molar-refractivity contribution is -0.301. The lowest BCUT2D eigenvalue weighted by atomic mass is 10.2. The molecular formula is C19H23F6N5O. The van der Waals surface area contributed by atoms with Crippen molar-refractivity contribution in [3.8, 4) is 6.01 Å². The van der Waals surface area contributed by atoms with Gasteiger partial charge in [0.2, 0.25) is 11.9 Å². The summed E-state index contributed by atoms with van der Waals surface area (Å²) in [4.78, 5) is 13.2. The Hall–Kier alpha value is -2.79. The summed E-state index contributed by atoms with van der Waals surface area (Å²) < 4.78 is 81.9. The Morgan fingerprint density at radius 3 is 1.94 bits per heavy atom. The topological polar surface area (TPSA) is 63.2 Å². The molecule has 0 aliphatic carbocycles. The molecule has 0 bridgehead atoms. The Morgan fingerprint density at radius 2 is 1.45 bits per heavy atom. The molecule has 1 aromatic carbocycles. The highest BCUT2D eigenvalue weighted by molar-refractivity contribution is 5.55. The van der Waals surface area contributed by atoms with E-state index < -0.39 is 24.5 Å². The van der Waals surface area contributed by atoms with Crippen molar-refractivity contribution >= 4 is 17.6 Å². The molecule has 0 saturated carbocycles. The molecule has 0 atom stereocenters. The predicted molar refractivity (Wildman–Crippen MR) is 104 cm³/mol. The van der Waals surface area contributed by atoms with E-state index in [-0.39, 0.29) is 11.9 Å². The van der Waals surface area contributed by atoms with E-state index >= 15 is 0 Å². The zero-order valence-electron chi connectivity index (χ0n) is 17.2. The van der Waals surface area contributed by atoms with Gasteiger partial charge < -0.3 is 15.0 Å². The summed E-state index contributed by atoms with van der Waals surface area (Å²) in [5, 5.41) is 2.77. The number of rotatable bonds is 9. The van der Waals surface area contributed by atoms with Crippen molar-refractivity contribution in [1.82, 2.24) is 15.0 Å². The molecule has 1 heterocycles. The number of benzene rings is 1. The molecule has 0 unspecified atom stereocenters. The molecule has 0 aliphatic rings. The number of alkyl halides is 6. The summed E-state index contributed by atoms with van der Waals surface area (Å²) in [5.41, 5.74) is 1.45. The van der Waals surface area contributed by atoms with Gasteiger partial charge in [-0.15, -0.1) is 0 Å². The van der Waals surface area contributed by atoms with Crippen LogP contribution in [0.15, 0.2) is 24.3 Å². The summed E-state index contributed by atoms with van der Waals surface area (Å²) in [6, 6.07) is 5.81. The van der Waals surface area contributed by atoms with Crippen LogP contribution in [0.4, 0.5) is 43.9 Å². The quantitative estimate of drug-likeness (QED) is 0.514. The van der Waals surface area contributed by atoms with Gasteiger partial charge in [0.15, 0.2) is 0 Å². The number of aromatic nitrogens is 3. The van der Waals surface area contributed by atoms with E-state index in [0.29, 0.717) is 31.6 Å². The number of ether oxygens (including phenoxy) is 1. The van der Waals surface area contributed by atoms with Gasteiger partial charge in [0.1, 0.15) is 0 Å². The Labute approximate surface area is 175 Å². The highest BCUT2D eigenvalue weighted by atomic mass is 19.4. The Kier molecular flexibility index (Phi) is 7.91. The van der Waals surface area contributed by atoms with Crippen LogP contribution in [0.1, 0.15) is 32.3 Å². The fourth-order valence-corrected chi connectivity index (χ4v) is 2.64. The van der Waals surface area contributed by atoms with E-state index in [9.17, 15) is 26.3 Å². The standard InChI is InChI=1S/C19H23F6N5O/c1-4-10-30(11-5-2)16-27-15(26-13-8-6-12(3)7-9-13)28-17(29-16)31-14(18(20,21)22)19(23,24)25/h6-9,14H,4-5,10-11H2,1-3H3,(H,26,27,28,29). The molecule has 0 radical (unpaired) electrons. The fourth-order valence-electron chi connectivity index (χ4n) is 2.64. The highest BCUT2D eigenvalue weighted by Crippen LogP contribution is 2.36. The summed E-state index contributed by atoms with van der Waals surface area (Å²) in [5.74, 6) is -0.310. The maximum absolute atomic E-state index is 12.9. The monoisotopic (exact) mass is 451 g/mol. The summed E-state index contributed by atoms with van der Waals surface area (Å²) in [7, 11) is 0. The van der Waals surface area contributed by atoms with Gasteiger partial charge in [-0.3, -0.25) is 0 Å². The molecule has 0 saturated heterocycles. The molecule has 0 spiro atoms. The number of anilines is 3. The third-order valence-corrected chi connectivity index (χ3v) is 4.00. The van der Waals surface area contributed by atoms with Crippen LogP contribution < -0.4 is 15.0 Å². The minimum absolute atomic E-state index is 0.0774. The number of aryl methyl sites for hydroxylation is 1. The molecule has 2 rings (SSSR count). The molecule has 12 heteroatoms. The maximum atomic E-state index is 12.9. The first-order valence-corrected chi connectivity index (χ1v) is 9.58. The van der Waals surface area contributed by atoms with Crippen LogP contribution in [0, 0.1) is 6.92 Å². The first-order chi connectivity index (χ1) is 14.4. The van der Waals surface area contributed by atoms with Crippen molar-refractivity contribution < 1.29 is 31.1 Å². The summed E-state index contributed by atoms with van der Waals surface area (Å²) >= 11 is 0. The molecule has 6 nitrogen and oxygen atoms in total. The van der Waals surface area contributed by atoms with Gasteiger partial charge in [0.05, 0.1) is 0 Å². The predicted octanol–water partition coefficient (Wildman–Crippen LogP) is 5.42. The second-order valence-corrected chi connectivity index (χ2v) is 6.80. The molecule has 31 heavy (non-hydrogen) atoms. The van der Waals surface area contributed by atoms with Gasteiger partial charge in [0.25, 0.3) is 6.10 Å². The molecule has 1 aromatic heterocycles. The van der Waals surface area contributed by atoms with E-state index in [1.165, 1.54) is 0 Å². The number of nitrogens with zero attached hydrogens (tertiary/aromatic N) is 4. The van der Waals surface area contributed by atoms with Gasteiger partial charge in [-0.1, -0.05) is 31.5 Å². The van der Waals surface area contributed by atoms with Crippen LogP contribution in [0.2, 0.25) is 0 Å². The summed E-state index contributed by atoms with van der Waals surface area (Å²) in [6.45, 7) is 6.50. The second-order valence-electron chi connectivity index (χ2n) is 6.80. The lowest BCUT2D eigenvalue weighted by Crippen LogP contribution is -2.47. The van der Waals surface area contributed by atoms with Crippen molar-refractivity contribution in [3.05, 3.63) is 29.8 Å². The van der Waals surface area contributed by atoms with Crippen LogP contribution in [-0.2, 0) is 0 Å². The summed E-state index contributed by atoms with van der Waals surface area (Å²) in [6.07, 6.45) is -14.1. The first kappa shape index (κ1) is 24.5. The van der Waals surface area contributed by atoms with Crippen LogP contribution in [-0.4, -0.2) is 46.5 Å². The van der Waals surface area contributed by atoms with Crippen LogP contribution in [0.3, 0.4) is 0 Å². The third-order valence-electron chi connectivity index (χ3n) is 4.00. The van der Waals surface area contributed by atoms with Gasteiger partial charge in [-0.25, -0.2) is 0 Å². The Morgan fingerprint density at radius 1 is 0.903 bits per heavy atom. The molecule has 0 aliphatic heterocycles. The average molecular weight is 451 g/mol. The second kappa shape index (κ2) is 10.0. The van der Waals surface area contributed by atoms with Gasteiger partial charge >= 0.3 is 18.4 Å². The highest BCUT2D eigenvalue weighted by Gasteiger charge is 2.59. The first-order valence-electron chi connectivity index (χ1n) is 9.58. The normalized spacial score (nSPS) is 12.2. The number of halogens is 6. The third kappa shape index (κ3) is 7.14. The minimum Gasteiger partial charge on any atom is -0.440 e. The number of hydrogen-bond donors (Lipinski definition) is 1. The van der Waals surface area contributed by atoms with Crippen molar-refractivity contribution in [2.24, 2.45) is 0 Å². The minimum atomic E-state index is -5.69. The number of nitrogens with one attached hydrogen (secondary N) is 1. The fraction of sp³-hybridized carbons (Fsp3) is 0.526. The Balaban J connectivity index is 2.47. The van der Waals surface area contributed by atoms with E-state index in [4.69, 9.17) is 0 Å². The van der Waals surface area contributed by atoms with Gasteiger partial charge in [-0.05, 0) is 31.9 Å². The molecular weight excluding hydrogens is 428 g/mol. The van der Waals surface area contributed by atoms with Crippen molar-refractivity contribution in [1.29, 1.82) is 0 Å². The van der Waals surface area contributed by atoms with Crippen LogP contribution >= 0.6 is 0 Å². The number of hydrogen-bond acceptors (Lipinski definition) is 6. The lowest BCUT2D eigenvalue weighted by Gasteiger charge is -2.25. The molecule has 172 valence electrons. The Bertz CT molecular complexity index is 821. The van der Waals surface area contributed by atoms with E-state index in [0.717, 1.165) is 5.56 Å². The van der Waals surface area contributed by atoms with Crippen molar-refractivity contribution in [3.63, 3.8) is 0 Å². The van der Waals surface area contributed by atoms with E-state index in [1.807, 2.05) is 20.8 Å². The van der Waals surface area contributed by atoms with Crippen LogP contribution in [0.5, 0.6) is 6.01 Å². The molecule has 0 fully saturated rings. The van der Waals surface area contributed by atoms with E-state index in [1.54, 1.807) is 29.2 Å². The van der Waals surface area contributed by atoms with E-state index in [2.05, 4.69) is 25.0 Å². The average Bonchev–Trinajstić information content (AvgIpc) is 2.66. The largest absolute Gasteiger partial charge is 0.440 e. The van der Waals surface area contributed by atoms with Crippen molar-refractivity contribution in [2.75, 3.05) is 23.3 Å². The van der Waals surface area contributed by atoms with Gasteiger partial charge in [0, 0.05) is 18.8 Å². The SMILES string of the molecule is CCCN(CCC)c1nc(Nc2ccc(C)cc2)nc(OC(C(F)(F)F)C(F)(F)F)n1. The molecule has 0 amide bonds. The van der Waals surface area contributed by atoms with Gasteiger partial charge in [-0.2, -0.15) is 41.3 Å². The zero-order valence-corrected chi connectivity index (χ0v) is 17.2.